The van der Waals surface area contributed by atoms with Crippen LogP contribution in [0.25, 0.3) is 0 Å². The molecular formula is C25H29NO5. The largest absolute Gasteiger partial charge is 0.494 e. The van der Waals surface area contributed by atoms with Crippen LogP contribution in [0.1, 0.15) is 35.5 Å². The number of ether oxygens (including phenoxy) is 2. The Labute approximate surface area is 183 Å². The standard InChI is InChI=1S/C25H29NO5/c1-3-29-24-7-4-6-20(14-24)15-26(17-25-8-5-13-30-25)16-22(28)18-31-23-11-9-21(10-12-23)19(2)27/h4-14,22,28H,3,15-18H2,1-2H3. The van der Waals surface area contributed by atoms with Crippen molar-refractivity contribution in [3.63, 3.8) is 0 Å². The maximum absolute atomic E-state index is 11.4. The summed E-state index contributed by atoms with van der Waals surface area (Å²) in [6.45, 7) is 5.85. The van der Waals surface area contributed by atoms with Gasteiger partial charge < -0.3 is 19.0 Å². The molecule has 6 nitrogen and oxygen atoms in total. The molecule has 0 spiro atoms. The molecule has 0 bridgehead atoms. The number of furan rings is 1. The number of nitrogens with zero attached hydrogens (tertiary/aromatic N) is 1. The van der Waals surface area contributed by atoms with Gasteiger partial charge in [-0.3, -0.25) is 9.69 Å². The lowest BCUT2D eigenvalue weighted by Gasteiger charge is -2.24. The molecular weight excluding hydrogens is 394 g/mol. The average Bonchev–Trinajstić information content (AvgIpc) is 3.26. The van der Waals surface area contributed by atoms with Gasteiger partial charge in [-0.25, -0.2) is 0 Å². The summed E-state index contributed by atoms with van der Waals surface area (Å²) in [5, 5.41) is 10.6. The third kappa shape index (κ3) is 7.27. The van der Waals surface area contributed by atoms with Crippen molar-refractivity contribution in [3.05, 3.63) is 83.8 Å². The molecule has 0 aliphatic carbocycles. The van der Waals surface area contributed by atoms with Gasteiger partial charge in [0.05, 0.1) is 19.4 Å². The highest BCUT2D eigenvalue weighted by molar-refractivity contribution is 5.94. The summed E-state index contributed by atoms with van der Waals surface area (Å²) >= 11 is 0. The zero-order valence-corrected chi connectivity index (χ0v) is 18.0. The Bertz CT molecular complexity index is 937. The number of aliphatic hydroxyl groups is 1. The number of hydrogen-bond donors (Lipinski definition) is 1. The summed E-state index contributed by atoms with van der Waals surface area (Å²) in [6.07, 6.45) is 0.950. The molecule has 0 aliphatic heterocycles. The van der Waals surface area contributed by atoms with E-state index in [1.165, 1.54) is 6.92 Å². The van der Waals surface area contributed by atoms with E-state index < -0.39 is 6.10 Å². The molecule has 164 valence electrons. The van der Waals surface area contributed by atoms with E-state index in [0.717, 1.165) is 17.1 Å². The van der Waals surface area contributed by atoms with E-state index in [4.69, 9.17) is 13.9 Å². The highest BCUT2D eigenvalue weighted by atomic mass is 16.5. The van der Waals surface area contributed by atoms with E-state index in [0.29, 0.717) is 37.6 Å². The van der Waals surface area contributed by atoms with E-state index in [1.807, 2.05) is 43.3 Å². The molecule has 1 aromatic heterocycles. The van der Waals surface area contributed by atoms with E-state index in [-0.39, 0.29) is 12.4 Å². The summed E-state index contributed by atoms with van der Waals surface area (Å²) in [4.78, 5) is 13.5. The van der Waals surface area contributed by atoms with Gasteiger partial charge in [0.25, 0.3) is 0 Å². The zero-order valence-electron chi connectivity index (χ0n) is 18.0. The van der Waals surface area contributed by atoms with Crippen molar-refractivity contribution in [3.8, 4) is 11.5 Å². The molecule has 1 unspecified atom stereocenters. The first-order valence-corrected chi connectivity index (χ1v) is 10.4. The van der Waals surface area contributed by atoms with Crippen LogP contribution in [-0.2, 0) is 13.1 Å². The topological polar surface area (TPSA) is 72.1 Å². The molecule has 1 heterocycles. The molecule has 2 aromatic carbocycles. The minimum atomic E-state index is -0.697. The van der Waals surface area contributed by atoms with E-state index >= 15 is 0 Å². The first-order valence-electron chi connectivity index (χ1n) is 10.4. The van der Waals surface area contributed by atoms with Crippen molar-refractivity contribution in [2.24, 2.45) is 0 Å². The predicted octanol–water partition coefficient (Wildman–Crippen LogP) is 4.32. The fraction of sp³-hybridized carbons (Fsp3) is 0.320. The highest BCUT2D eigenvalue weighted by Gasteiger charge is 2.15. The SMILES string of the molecule is CCOc1cccc(CN(Cc2ccco2)CC(O)COc2ccc(C(C)=O)cc2)c1. The second-order valence-electron chi connectivity index (χ2n) is 7.37. The predicted molar refractivity (Wildman–Crippen MR) is 118 cm³/mol. The number of benzene rings is 2. The van der Waals surface area contributed by atoms with Crippen LogP contribution in [0.2, 0.25) is 0 Å². The number of carbonyl (C=O) groups excluding carboxylic acids is 1. The summed E-state index contributed by atoms with van der Waals surface area (Å²) < 4.78 is 16.8. The Hall–Kier alpha value is -3.09. The Morgan fingerprint density at radius 3 is 2.52 bits per heavy atom. The number of rotatable bonds is 12. The first kappa shape index (κ1) is 22.6. The van der Waals surface area contributed by atoms with Gasteiger partial charge in [0.2, 0.25) is 0 Å². The van der Waals surface area contributed by atoms with E-state index in [9.17, 15) is 9.90 Å². The normalized spacial score (nSPS) is 12.0. The van der Waals surface area contributed by atoms with Gasteiger partial charge in [-0.1, -0.05) is 12.1 Å². The van der Waals surface area contributed by atoms with Gasteiger partial charge in [0.15, 0.2) is 5.78 Å². The van der Waals surface area contributed by atoms with Crippen LogP contribution in [0.5, 0.6) is 11.5 Å². The fourth-order valence-electron chi connectivity index (χ4n) is 3.30. The minimum Gasteiger partial charge on any atom is -0.494 e. The van der Waals surface area contributed by atoms with Gasteiger partial charge in [-0.2, -0.15) is 0 Å². The molecule has 1 atom stereocenters. The number of hydrogen-bond acceptors (Lipinski definition) is 6. The number of aliphatic hydroxyl groups excluding tert-OH is 1. The summed E-state index contributed by atoms with van der Waals surface area (Å²) in [6, 6.07) is 18.6. The van der Waals surface area contributed by atoms with Crippen LogP contribution in [0.15, 0.2) is 71.3 Å². The highest BCUT2D eigenvalue weighted by Crippen LogP contribution is 2.18. The molecule has 0 saturated carbocycles. The zero-order chi connectivity index (χ0) is 22.1. The lowest BCUT2D eigenvalue weighted by Crippen LogP contribution is -2.35. The van der Waals surface area contributed by atoms with Crippen LogP contribution in [-0.4, -0.2) is 41.7 Å². The maximum Gasteiger partial charge on any atom is 0.159 e. The second-order valence-corrected chi connectivity index (χ2v) is 7.37. The van der Waals surface area contributed by atoms with Crippen LogP contribution in [0.3, 0.4) is 0 Å². The second kappa shape index (κ2) is 11.3. The van der Waals surface area contributed by atoms with Crippen molar-refractivity contribution in [2.75, 3.05) is 19.8 Å². The van der Waals surface area contributed by atoms with Crippen molar-refractivity contribution in [2.45, 2.75) is 33.0 Å². The molecule has 0 amide bonds. The smallest absolute Gasteiger partial charge is 0.159 e. The Morgan fingerprint density at radius 1 is 1.03 bits per heavy atom. The molecule has 0 radical (unpaired) electrons. The average molecular weight is 424 g/mol. The maximum atomic E-state index is 11.4. The summed E-state index contributed by atoms with van der Waals surface area (Å²) in [5.74, 6) is 2.28. The van der Waals surface area contributed by atoms with Crippen molar-refractivity contribution in [1.82, 2.24) is 4.90 Å². The van der Waals surface area contributed by atoms with Gasteiger partial charge in [-0.05, 0) is 67.9 Å². The Morgan fingerprint density at radius 2 is 1.84 bits per heavy atom. The molecule has 31 heavy (non-hydrogen) atoms. The molecule has 0 fully saturated rings. The van der Waals surface area contributed by atoms with Crippen molar-refractivity contribution >= 4 is 5.78 Å². The number of ketones is 1. The van der Waals surface area contributed by atoms with Crippen LogP contribution >= 0.6 is 0 Å². The minimum absolute atomic E-state index is 0.00792. The molecule has 1 N–H and O–H groups in total. The third-order valence-electron chi connectivity index (χ3n) is 4.75. The number of carbonyl (C=O) groups is 1. The number of Topliss-reactive ketones (excluding diaryl/α,β-unsaturated/α-hetero) is 1. The molecule has 6 heteroatoms. The van der Waals surface area contributed by atoms with E-state index in [1.54, 1.807) is 30.5 Å². The molecule has 0 saturated heterocycles. The monoisotopic (exact) mass is 423 g/mol. The van der Waals surface area contributed by atoms with Gasteiger partial charge in [0.1, 0.15) is 30.0 Å². The lowest BCUT2D eigenvalue weighted by molar-refractivity contribution is 0.0604. The van der Waals surface area contributed by atoms with Crippen LogP contribution < -0.4 is 9.47 Å². The molecule has 3 rings (SSSR count). The fourth-order valence-corrected chi connectivity index (χ4v) is 3.30. The summed E-state index contributed by atoms with van der Waals surface area (Å²) in [7, 11) is 0. The quantitative estimate of drug-likeness (QED) is 0.438. The molecule has 3 aromatic rings. The van der Waals surface area contributed by atoms with E-state index in [2.05, 4.69) is 4.90 Å². The third-order valence-corrected chi connectivity index (χ3v) is 4.75. The Kier molecular flexibility index (Phi) is 8.27. The molecule has 0 aliphatic rings. The van der Waals surface area contributed by atoms with Gasteiger partial charge >= 0.3 is 0 Å². The van der Waals surface area contributed by atoms with Crippen LogP contribution in [0, 0.1) is 0 Å². The van der Waals surface area contributed by atoms with Crippen LogP contribution in [0.4, 0.5) is 0 Å². The lowest BCUT2D eigenvalue weighted by atomic mass is 10.1. The van der Waals surface area contributed by atoms with Crippen molar-refractivity contribution < 1.29 is 23.8 Å². The Balaban J connectivity index is 1.60. The van der Waals surface area contributed by atoms with Crippen molar-refractivity contribution in [1.29, 1.82) is 0 Å². The van der Waals surface area contributed by atoms with Gasteiger partial charge in [0, 0.05) is 18.7 Å². The van der Waals surface area contributed by atoms with Gasteiger partial charge in [-0.15, -0.1) is 0 Å². The summed E-state index contributed by atoms with van der Waals surface area (Å²) in [5.41, 5.74) is 1.72. The first-order chi connectivity index (χ1) is 15.0.